The minimum absolute atomic E-state index is 0. The molecule has 2 aromatic carbocycles. The molecule has 1 saturated heterocycles. The van der Waals surface area contributed by atoms with E-state index >= 15 is 0 Å². The second-order valence-corrected chi connectivity index (χ2v) is 8.02. The molecule has 1 amide bonds. The van der Waals surface area contributed by atoms with E-state index in [0.717, 1.165) is 36.2 Å². The van der Waals surface area contributed by atoms with Crippen molar-refractivity contribution in [2.24, 2.45) is 0 Å². The highest BCUT2D eigenvalue weighted by Crippen LogP contribution is 2.32. The zero-order valence-corrected chi connectivity index (χ0v) is 18.4. The summed E-state index contributed by atoms with van der Waals surface area (Å²) >= 11 is 0. The van der Waals surface area contributed by atoms with Gasteiger partial charge >= 0.3 is 0 Å². The number of carbonyl (C=O) groups excluding carboxylic acids is 1. The Hall–Kier alpha value is -3.28. The number of nitriles is 1. The van der Waals surface area contributed by atoms with Gasteiger partial charge in [-0.1, -0.05) is 0 Å². The van der Waals surface area contributed by atoms with Crippen molar-refractivity contribution in [3.8, 4) is 17.6 Å². The third-order valence-electron chi connectivity index (χ3n) is 5.95. The van der Waals surface area contributed by atoms with Gasteiger partial charge in [-0.3, -0.25) is 9.69 Å². The minimum Gasteiger partial charge on any atom is -0.486 e. The number of aromatic nitrogens is 2. The zero-order valence-electron chi connectivity index (χ0n) is 17.6. The Bertz CT molecular complexity index is 1190. The Morgan fingerprint density at radius 3 is 2.84 bits per heavy atom. The van der Waals surface area contributed by atoms with Crippen molar-refractivity contribution in [3.63, 3.8) is 0 Å². The van der Waals surface area contributed by atoms with E-state index in [2.05, 4.69) is 28.3 Å². The van der Waals surface area contributed by atoms with Gasteiger partial charge in [0.25, 0.3) is 5.91 Å². The first-order valence-electron chi connectivity index (χ1n) is 10.4. The molecule has 0 bridgehead atoms. The third kappa shape index (κ3) is 4.22. The Kier molecular flexibility index (Phi) is 6.21. The quantitative estimate of drug-likeness (QED) is 0.631. The van der Waals surface area contributed by atoms with Crippen LogP contribution in [0.1, 0.15) is 40.6 Å². The molecule has 2 aliphatic rings. The molecule has 3 heterocycles. The molecular formula is C23H24ClN5O3. The van der Waals surface area contributed by atoms with Gasteiger partial charge in [0.05, 0.1) is 28.7 Å². The number of piperidine rings is 1. The summed E-state index contributed by atoms with van der Waals surface area (Å²) in [5.41, 5.74) is 2.85. The predicted molar refractivity (Wildman–Crippen MR) is 121 cm³/mol. The lowest BCUT2D eigenvalue weighted by Gasteiger charge is -2.36. The van der Waals surface area contributed by atoms with Gasteiger partial charge in [0.2, 0.25) is 0 Å². The fourth-order valence-corrected chi connectivity index (χ4v) is 4.24. The van der Waals surface area contributed by atoms with Gasteiger partial charge in [-0.15, -0.1) is 12.4 Å². The highest BCUT2D eigenvalue weighted by atomic mass is 35.5. The van der Waals surface area contributed by atoms with Crippen LogP contribution in [0.25, 0.3) is 11.0 Å². The molecule has 32 heavy (non-hydrogen) atoms. The zero-order chi connectivity index (χ0) is 21.4. The topological polar surface area (TPSA) is 103 Å². The number of hydrogen-bond acceptors (Lipinski definition) is 6. The second-order valence-electron chi connectivity index (χ2n) is 8.02. The first-order valence-corrected chi connectivity index (χ1v) is 10.4. The number of carbonyl (C=O) groups is 1. The summed E-state index contributed by atoms with van der Waals surface area (Å²) in [6, 6.07) is 13.0. The smallest absolute Gasteiger partial charge is 0.251 e. The average molecular weight is 454 g/mol. The maximum Gasteiger partial charge on any atom is 0.251 e. The third-order valence-corrected chi connectivity index (χ3v) is 5.95. The number of aromatic amines is 1. The van der Waals surface area contributed by atoms with Crippen LogP contribution in [-0.2, 0) is 0 Å². The van der Waals surface area contributed by atoms with Crippen LogP contribution in [0.4, 0.5) is 0 Å². The predicted octanol–water partition coefficient (Wildman–Crippen LogP) is 3.19. The monoisotopic (exact) mass is 453 g/mol. The van der Waals surface area contributed by atoms with Crippen LogP contribution in [0.3, 0.4) is 0 Å². The summed E-state index contributed by atoms with van der Waals surface area (Å²) in [7, 11) is 2.07. The lowest BCUT2D eigenvalue weighted by molar-refractivity contribution is 0.0883. The van der Waals surface area contributed by atoms with E-state index in [4.69, 9.17) is 19.7 Å². The van der Waals surface area contributed by atoms with E-state index in [-0.39, 0.29) is 30.4 Å². The molecule has 9 heteroatoms. The molecular weight excluding hydrogens is 430 g/mol. The molecule has 2 atom stereocenters. The van der Waals surface area contributed by atoms with Gasteiger partial charge in [-0.2, -0.15) is 5.26 Å². The number of nitrogens with one attached hydrogen (secondary N) is 2. The van der Waals surface area contributed by atoms with E-state index < -0.39 is 0 Å². The van der Waals surface area contributed by atoms with Crippen LogP contribution >= 0.6 is 12.4 Å². The largest absolute Gasteiger partial charge is 0.486 e. The van der Waals surface area contributed by atoms with Crippen molar-refractivity contribution in [3.05, 3.63) is 53.3 Å². The molecule has 166 valence electrons. The summed E-state index contributed by atoms with van der Waals surface area (Å²) in [4.78, 5) is 23.2. The van der Waals surface area contributed by atoms with E-state index in [1.807, 2.05) is 12.1 Å². The number of nitrogens with zero attached hydrogens (tertiary/aromatic N) is 3. The van der Waals surface area contributed by atoms with Crippen molar-refractivity contribution < 1.29 is 14.3 Å². The van der Waals surface area contributed by atoms with Gasteiger partial charge in [0.15, 0.2) is 11.5 Å². The van der Waals surface area contributed by atoms with Crippen LogP contribution < -0.4 is 14.8 Å². The first kappa shape index (κ1) is 21.9. The standard InChI is InChI=1S/C23H23N5O3.ClH/c1-28-7-6-16(25-23(29)15-3-5-20-21(11-15)31-9-8-30-20)12-19(28)22-26-17-4-2-14(13-24)10-18(17)27-22;/h2-5,10-11,16,19H,6-9,12H2,1H3,(H,25,29)(H,26,27);1H/t16-,19-;/m1./s1. The molecule has 0 saturated carbocycles. The number of benzene rings is 2. The minimum atomic E-state index is -0.117. The Morgan fingerprint density at radius 1 is 1.22 bits per heavy atom. The molecule has 2 aliphatic heterocycles. The number of hydrogen-bond donors (Lipinski definition) is 2. The van der Waals surface area contributed by atoms with Crippen LogP contribution in [0.15, 0.2) is 36.4 Å². The van der Waals surface area contributed by atoms with Crippen molar-refractivity contribution in [2.75, 3.05) is 26.8 Å². The van der Waals surface area contributed by atoms with Crippen LogP contribution in [0.5, 0.6) is 11.5 Å². The summed E-state index contributed by atoms with van der Waals surface area (Å²) in [5, 5.41) is 12.3. The molecule has 0 spiro atoms. The number of fused-ring (bicyclic) bond motifs is 2. The van der Waals surface area contributed by atoms with E-state index in [1.165, 1.54) is 0 Å². The fraction of sp³-hybridized carbons (Fsp3) is 0.348. The molecule has 0 aliphatic carbocycles. The summed E-state index contributed by atoms with van der Waals surface area (Å²) in [6.45, 7) is 1.86. The van der Waals surface area contributed by atoms with E-state index in [9.17, 15) is 4.79 Å². The number of imidazole rings is 1. The number of halogens is 1. The summed E-state index contributed by atoms with van der Waals surface area (Å²) in [6.07, 6.45) is 1.61. The number of ether oxygens (including phenoxy) is 2. The van der Waals surface area contributed by atoms with Gasteiger partial charge in [-0.25, -0.2) is 4.98 Å². The molecule has 1 fully saturated rings. The van der Waals surface area contributed by atoms with Crippen molar-refractivity contribution in [1.29, 1.82) is 5.26 Å². The van der Waals surface area contributed by atoms with Gasteiger partial charge in [0, 0.05) is 18.2 Å². The average Bonchev–Trinajstić information content (AvgIpc) is 3.23. The molecule has 3 aromatic rings. The SMILES string of the molecule is CN1CC[C@@H](NC(=O)c2ccc3c(c2)OCCO3)C[C@@H]1c1nc2ccc(C#N)cc2[nH]1.Cl. The van der Waals surface area contributed by atoms with Gasteiger partial charge < -0.3 is 19.8 Å². The fourth-order valence-electron chi connectivity index (χ4n) is 4.24. The number of likely N-dealkylation sites (tertiary alicyclic amines) is 1. The first-order chi connectivity index (χ1) is 15.1. The molecule has 1 aromatic heterocycles. The van der Waals surface area contributed by atoms with Gasteiger partial charge in [-0.05, 0) is 56.3 Å². The molecule has 8 nitrogen and oxygen atoms in total. The molecule has 5 rings (SSSR count). The molecule has 2 N–H and O–H groups in total. The summed E-state index contributed by atoms with van der Waals surface area (Å²) < 4.78 is 11.1. The highest BCUT2D eigenvalue weighted by Gasteiger charge is 2.30. The van der Waals surface area contributed by atoms with Crippen molar-refractivity contribution in [1.82, 2.24) is 20.2 Å². The van der Waals surface area contributed by atoms with Gasteiger partial charge in [0.1, 0.15) is 19.0 Å². The van der Waals surface area contributed by atoms with Crippen LogP contribution in [0.2, 0.25) is 0 Å². The molecule has 0 unspecified atom stereocenters. The lowest BCUT2D eigenvalue weighted by atomic mass is 9.96. The summed E-state index contributed by atoms with van der Waals surface area (Å²) in [5.74, 6) is 2.02. The maximum absolute atomic E-state index is 12.9. The maximum atomic E-state index is 12.9. The lowest BCUT2D eigenvalue weighted by Crippen LogP contribution is -2.45. The Morgan fingerprint density at radius 2 is 2.03 bits per heavy atom. The molecule has 0 radical (unpaired) electrons. The Balaban J connectivity index is 0.00000245. The van der Waals surface area contributed by atoms with E-state index in [0.29, 0.717) is 35.8 Å². The van der Waals surface area contributed by atoms with Crippen molar-refractivity contribution in [2.45, 2.75) is 24.9 Å². The number of rotatable bonds is 3. The van der Waals surface area contributed by atoms with Crippen LogP contribution in [-0.4, -0.2) is 53.6 Å². The van der Waals surface area contributed by atoms with Crippen LogP contribution in [0, 0.1) is 11.3 Å². The van der Waals surface area contributed by atoms with Crippen molar-refractivity contribution >= 4 is 29.3 Å². The Labute approximate surface area is 191 Å². The second kappa shape index (κ2) is 9.07. The van der Waals surface area contributed by atoms with E-state index in [1.54, 1.807) is 24.3 Å². The highest BCUT2D eigenvalue weighted by molar-refractivity contribution is 5.95. The number of amides is 1. The number of H-pyrrole nitrogens is 1. The normalized spacial score (nSPS) is 20.2.